The molecule has 0 amide bonds. The number of aromatic nitrogens is 4. The molecule has 3 aromatic heterocycles. The molecule has 5 heterocycles. The molecule has 4 heteroatoms. The predicted octanol–water partition coefficient (Wildman–Crippen LogP) is 7.17. The van der Waals surface area contributed by atoms with Crippen molar-refractivity contribution in [3.63, 3.8) is 0 Å². The fourth-order valence-corrected chi connectivity index (χ4v) is 4.45. The molecule has 32 heavy (non-hydrogen) atoms. The molecule has 0 atom stereocenters. The highest BCUT2D eigenvalue weighted by Gasteiger charge is 2.18. The van der Waals surface area contributed by atoms with Gasteiger partial charge in [0.15, 0.2) is 0 Å². The summed E-state index contributed by atoms with van der Waals surface area (Å²) in [6, 6.07) is 12.7. The molecule has 0 radical (unpaired) electrons. The zero-order chi connectivity index (χ0) is 22.6. The van der Waals surface area contributed by atoms with Crippen LogP contribution in [0.2, 0.25) is 0 Å². The standard InChI is InChI=1S/C28H26N4/c1-7-21-18(6)26-14-28-22(8-2)17(5)25(31-28)12-23-15(3)9-19(29-23)11-20-10-16(4)24(30-20)13-27(21)32-26/h7-14,29-30H,1-2H2,3-6H3. The zero-order valence-electron chi connectivity index (χ0n) is 18.9. The van der Waals surface area contributed by atoms with Crippen LogP contribution in [-0.2, 0) is 0 Å². The zero-order valence-corrected chi connectivity index (χ0v) is 18.9. The number of nitrogens with one attached hydrogen (secondary N) is 2. The normalized spacial score (nSPS) is 13.6. The van der Waals surface area contributed by atoms with Crippen LogP contribution in [-0.4, -0.2) is 19.9 Å². The highest BCUT2D eigenvalue weighted by Crippen LogP contribution is 2.34. The molecule has 0 aliphatic carbocycles. The first-order chi connectivity index (χ1) is 15.4. The molecule has 0 unspecified atom stereocenters. The SMILES string of the molecule is C=CC1=C(C)c2cc3[nH]c(cc3C)cc3cc(C)c(cc4nc(cc1n2)C(C)=C4C=C)[nH]3. The van der Waals surface area contributed by atoms with Gasteiger partial charge in [-0.25, -0.2) is 9.97 Å². The molecule has 2 N–H and O–H groups in total. The van der Waals surface area contributed by atoms with Crippen molar-refractivity contribution in [2.75, 3.05) is 0 Å². The van der Waals surface area contributed by atoms with Gasteiger partial charge in [-0.15, -0.1) is 0 Å². The number of aromatic amines is 2. The largest absolute Gasteiger partial charge is 0.355 e. The quantitative estimate of drug-likeness (QED) is 0.464. The molecule has 158 valence electrons. The van der Waals surface area contributed by atoms with E-state index in [1.165, 1.54) is 11.1 Å². The van der Waals surface area contributed by atoms with Gasteiger partial charge in [-0.1, -0.05) is 25.3 Å². The van der Waals surface area contributed by atoms with Gasteiger partial charge in [0.25, 0.3) is 0 Å². The van der Waals surface area contributed by atoms with E-state index in [9.17, 15) is 0 Å². The molecule has 0 saturated heterocycles. The van der Waals surface area contributed by atoms with Gasteiger partial charge in [0, 0.05) is 33.2 Å². The Bertz CT molecular complexity index is 1540. The summed E-state index contributed by atoms with van der Waals surface area (Å²) in [7, 11) is 0. The third-order valence-corrected chi connectivity index (χ3v) is 6.32. The summed E-state index contributed by atoms with van der Waals surface area (Å²) in [6.07, 6.45) is 3.76. The molecular formula is C28H26N4. The second kappa shape index (κ2) is 7.34. The van der Waals surface area contributed by atoms with E-state index >= 15 is 0 Å². The number of hydrogen-bond acceptors (Lipinski definition) is 2. The van der Waals surface area contributed by atoms with Crippen molar-refractivity contribution in [1.29, 1.82) is 0 Å². The molecule has 3 aromatic rings. The monoisotopic (exact) mass is 418 g/mol. The maximum Gasteiger partial charge on any atom is 0.0734 e. The molecule has 0 aromatic carbocycles. The Balaban J connectivity index is 1.96. The molecule has 0 saturated carbocycles. The van der Waals surface area contributed by atoms with Crippen LogP contribution in [0.4, 0.5) is 0 Å². The Hall–Kier alpha value is -3.92. The van der Waals surface area contributed by atoms with Crippen LogP contribution in [0, 0.1) is 13.8 Å². The number of rotatable bonds is 2. The molecule has 2 aliphatic heterocycles. The van der Waals surface area contributed by atoms with Gasteiger partial charge in [0.2, 0.25) is 0 Å². The second-order valence-electron chi connectivity index (χ2n) is 8.47. The van der Waals surface area contributed by atoms with Gasteiger partial charge in [0.1, 0.15) is 0 Å². The Labute approximate surface area is 187 Å². The number of allylic oxidation sites excluding steroid dienone is 6. The van der Waals surface area contributed by atoms with Crippen molar-refractivity contribution in [1.82, 2.24) is 19.9 Å². The van der Waals surface area contributed by atoms with Gasteiger partial charge >= 0.3 is 0 Å². The molecule has 0 spiro atoms. The first-order valence-electron chi connectivity index (χ1n) is 10.8. The Morgan fingerprint density at radius 2 is 1.03 bits per heavy atom. The molecule has 0 fully saturated rings. The van der Waals surface area contributed by atoms with Crippen LogP contribution in [0.25, 0.3) is 44.4 Å². The minimum absolute atomic E-state index is 0.882. The molecule has 5 rings (SSSR count). The lowest BCUT2D eigenvalue weighted by Gasteiger charge is -1.98. The van der Waals surface area contributed by atoms with E-state index in [-0.39, 0.29) is 0 Å². The lowest BCUT2D eigenvalue weighted by atomic mass is 10.0. The third-order valence-electron chi connectivity index (χ3n) is 6.32. The highest BCUT2D eigenvalue weighted by atomic mass is 14.8. The minimum atomic E-state index is 0.882. The van der Waals surface area contributed by atoms with Crippen LogP contribution >= 0.6 is 0 Å². The van der Waals surface area contributed by atoms with Crippen molar-refractivity contribution >= 4 is 44.4 Å². The van der Waals surface area contributed by atoms with E-state index in [0.717, 1.165) is 67.1 Å². The number of nitrogens with zero attached hydrogens (tertiary/aromatic N) is 2. The molecule has 4 nitrogen and oxygen atoms in total. The van der Waals surface area contributed by atoms with E-state index in [1.54, 1.807) is 0 Å². The Morgan fingerprint density at radius 1 is 0.594 bits per heavy atom. The highest BCUT2D eigenvalue weighted by molar-refractivity contribution is 5.99. The van der Waals surface area contributed by atoms with Crippen molar-refractivity contribution in [3.05, 3.63) is 95.6 Å². The molecule has 2 aliphatic rings. The fraction of sp³-hybridized carbons (Fsp3) is 0.143. The lowest BCUT2D eigenvalue weighted by Crippen LogP contribution is -1.82. The fourth-order valence-electron chi connectivity index (χ4n) is 4.45. The predicted molar refractivity (Wildman–Crippen MR) is 136 cm³/mol. The smallest absolute Gasteiger partial charge is 0.0734 e. The lowest BCUT2D eigenvalue weighted by molar-refractivity contribution is 1.25. The van der Waals surface area contributed by atoms with Crippen molar-refractivity contribution in [2.24, 2.45) is 0 Å². The van der Waals surface area contributed by atoms with E-state index in [1.807, 2.05) is 12.2 Å². The summed E-state index contributed by atoms with van der Waals surface area (Å²) in [5, 5.41) is 0. The van der Waals surface area contributed by atoms with E-state index in [2.05, 4.69) is 87.2 Å². The number of aryl methyl sites for hydroxylation is 2. The summed E-state index contributed by atoms with van der Waals surface area (Å²) in [5.74, 6) is 0. The van der Waals surface area contributed by atoms with E-state index < -0.39 is 0 Å². The van der Waals surface area contributed by atoms with Crippen LogP contribution in [0.15, 0.2) is 61.7 Å². The summed E-state index contributed by atoms with van der Waals surface area (Å²) in [5.41, 5.74) is 14.4. The maximum absolute atomic E-state index is 4.95. The topological polar surface area (TPSA) is 57.4 Å². The molecule has 8 bridgehead atoms. The summed E-state index contributed by atoms with van der Waals surface area (Å²) in [4.78, 5) is 17.0. The van der Waals surface area contributed by atoms with Gasteiger partial charge in [-0.3, -0.25) is 0 Å². The van der Waals surface area contributed by atoms with E-state index in [4.69, 9.17) is 9.97 Å². The minimum Gasteiger partial charge on any atom is -0.355 e. The average molecular weight is 419 g/mol. The van der Waals surface area contributed by atoms with Gasteiger partial charge in [-0.2, -0.15) is 0 Å². The van der Waals surface area contributed by atoms with Crippen molar-refractivity contribution < 1.29 is 0 Å². The van der Waals surface area contributed by atoms with Gasteiger partial charge in [-0.05, 0) is 86.4 Å². The van der Waals surface area contributed by atoms with Gasteiger partial charge in [0.05, 0.1) is 22.8 Å². The number of fused-ring (bicyclic) bond motifs is 8. The summed E-state index contributed by atoms with van der Waals surface area (Å²) >= 11 is 0. The maximum atomic E-state index is 4.95. The Kier molecular flexibility index (Phi) is 4.59. The van der Waals surface area contributed by atoms with Crippen LogP contribution < -0.4 is 0 Å². The Morgan fingerprint density at radius 3 is 1.53 bits per heavy atom. The number of hydrogen-bond donors (Lipinski definition) is 2. The summed E-state index contributed by atoms with van der Waals surface area (Å²) < 4.78 is 0. The van der Waals surface area contributed by atoms with Crippen LogP contribution in [0.1, 0.15) is 47.8 Å². The average Bonchev–Trinajstić information content (AvgIpc) is 3.44. The number of H-pyrrole nitrogens is 2. The molecular weight excluding hydrogens is 392 g/mol. The van der Waals surface area contributed by atoms with E-state index in [0.29, 0.717) is 0 Å². The first kappa shape index (κ1) is 20.0. The summed E-state index contributed by atoms with van der Waals surface area (Å²) in [6.45, 7) is 16.5. The first-order valence-corrected chi connectivity index (χ1v) is 10.8. The van der Waals surface area contributed by atoms with Crippen LogP contribution in [0.3, 0.4) is 0 Å². The van der Waals surface area contributed by atoms with Gasteiger partial charge < -0.3 is 9.97 Å². The third kappa shape index (κ3) is 3.16. The second-order valence-corrected chi connectivity index (χ2v) is 8.47. The van der Waals surface area contributed by atoms with Crippen molar-refractivity contribution in [2.45, 2.75) is 27.7 Å². The van der Waals surface area contributed by atoms with Crippen LogP contribution in [0.5, 0.6) is 0 Å². The van der Waals surface area contributed by atoms with Crippen molar-refractivity contribution in [3.8, 4) is 0 Å².